The van der Waals surface area contributed by atoms with Crippen LogP contribution in [0.4, 0.5) is 11.5 Å². The monoisotopic (exact) mass is 290 g/mol. The van der Waals surface area contributed by atoms with Crippen molar-refractivity contribution in [3.8, 4) is 0 Å². The Kier molecular flexibility index (Phi) is 4.44. The van der Waals surface area contributed by atoms with E-state index in [1.807, 2.05) is 0 Å². The van der Waals surface area contributed by atoms with E-state index in [1.165, 1.54) is 6.07 Å². The fraction of sp³-hybridized carbons (Fsp3) is 0.250. The molecule has 9 nitrogen and oxygen atoms in total. The number of carbonyl (C=O) groups is 1. The zero-order valence-electron chi connectivity index (χ0n) is 11.1. The number of nitrogens with two attached hydrogens (primary N) is 1. The van der Waals surface area contributed by atoms with Crippen LogP contribution in [0.2, 0.25) is 0 Å². The molecular formula is C12H14N6O3. The van der Waals surface area contributed by atoms with Crippen LogP contribution in [0.5, 0.6) is 0 Å². The van der Waals surface area contributed by atoms with Gasteiger partial charge in [-0.1, -0.05) is 0 Å². The number of amides is 1. The van der Waals surface area contributed by atoms with Crippen LogP contribution in [0, 0.1) is 10.1 Å². The van der Waals surface area contributed by atoms with Crippen molar-refractivity contribution in [1.82, 2.24) is 20.3 Å². The molecule has 1 amide bonds. The summed E-state index contributed by atoms with van der Waals surface area (Å²) in [4.78, 5) is 32.8. The highest BCUT2D eigenvalue weighted by Crippen LogP contribution is 2.18. The molecule has 0 atom stereocenters. The number of carbonyl (C=O) groups excluding carboxylic acids is 1. The molecule has 0 unspecified atom stereocenters. The fourth-order valence-corrected chi connectivity index (χ4v) is 1.78. The number of aromatic nitrogens is 3. The van der Waals surface area contributed by atoms with Crippen molar-refractivity contribution in [2.45, 2.75) is 12.8 Å². The fourth-order valence-electron chi connectivity index (χ4n) is 1.78. The standard InChI is InChI=1S/C12H14N6O3/c13-10-6-8(9(7-17-10)18(20)21)12(19)16-3-1-2-11-14-4-5-15-11/h4-7H,1-3H2,(H2,13,17)(H,14,15)(H,16,19). The quantitative estimate of drug-likeness (QED) is 0.405. The Balaban J connectivity index is 1.93. The number of nitro groups is 1. The molecule has 0 saturated carbocycles. The van der Waals surface area contributed by atoms with Gasteiger partial charge in [-0.15, -0.1) is 0 Å². The molecule has 2 heterocycles. The highest BCUT2D eigenvalue weighted by molar-refractivity contribution is 5.98. The van der Waals surface area contributed by atoms with Gasteiger partial charge in [-0.25, -0.2) is 9.97 Å². The molecule has 0 aliphatic carbocycles. The van der Waals surface area contributed by atoms with Crippen molar-refractivity contribution < 1.29 is 9.72 Å². The van der Waals surface area contributed by atoms with E-state index in [4.69, 9.17) is 5.73 Å². The minimum atomic E-state index is -0.662. The van der Waals surface area contributed by atoms with Crippen LogP contribution in [0.25, 0.3) is 0 Å². The van der Waals surface area contributed by atoms with Crippen LogP contribution in [0.15, 0.2) is 24.7 Å². The number of aryl methyl sites for hydroxylation is 1. The molecule has 0 radical (unpaired) electrons. The van der Waals surface area contributed by atoms with Gasteiger partial charge in [0.15, 0.2) is 0 Å². The third-order valence-electron chi connectivity index (χ3n) is 2.78. The molecule has 2 rings (SSSR count). The molecule has 9 heteroatoms. The summed E-state index contributed by atoms with van der Waals surface area (Å²) in [5.41, 5.74) is 5.00. The first-order valence-electron chi connectivity index (χ1n) is 6.24. The van der Waals surface area contributed by atoms with Gasteiger partial charge in [-0.05, 0) is 12.5 Å². The normalized spacial score (nSPS) is 10.3. The lowest BCUT2D eigenvalue weighted by molar-refractivity contribution is -0.385. The Morgan fingerprint density at radius 3 is 2.95 bits per heavy atom. The summed E-state index contributed by atoms with van der Waals surface area (Å²) >= 11 is 0. The second-order valence-corrected chi connectivity index (χ2v) is 4.28. The predicted octanol–water partition coefficient (Wildman–Crippen LogP) is 0.658. The number of nitrogens with zero attached hydrogens (tertiary/aromatic N) is 3. The molecule has 21 heavy (non-hydrogen) atoms. The average Bonchev–Trinajstić information content (AvgIpc) is 2.96. The number of pyridine rings is 1. The van der Waals surface area contributed by atoms with Gasteiger partial charge in [0.1, 0.15) is 23.4 Å². The van der Waals surface area contributed by atoms with Crippen LogP contribution in [0.1, 0.15) is 22.6 Å². The van der Waals surface area contributed by atoms with E-state index in [1.54, 1.807) is 12.4 Å². The molecular weight excluding hydrogens is 276 g/mol. The molecule has 0 saturated heterocycles. The van der Waals surface area contributed by atoms with Crippen LogP contribution in [-0.4, -0.2) is 32.3 Å². The van der Waals surface area contributed by atoms with Crippen molar-refractivity contribution in [1.29, 1.82) is 0 Å². The van der Waals surface area contributed by atoms with E-state index in [0.717, 1.165) is 12.0 Å². The number of H-pyrrole nitrogens is 1. The Labute approximate surface area is 119 Å². The van der Waals surface area contributed by atoms with Gasteiger partial charge in [0.2, 0.25) is 0 Å². The average molecular weight is 290 g/mol. The predicted molar refractivity (Wildman–Crippen MR) is 74.5 cm³/mol. The van der Waals surface area contributed by atoms with Gasteiger partial charge in [0.25, 0.3) is 11.6 Å². The molecule has 2 aromatic heterocycles. The SMILES string of the molecule is Nc1cc(C(=O)NCCCc2ncc[nH]2)c([N+](=O)[O-])cn1. The summed E-state index contributed by atoms with van der Waals surface area (Å²) in [6.45, 7) is 0.374. The Hall–Kier alpha value is -2.97. The van der Waals surface area contributed by atoms with E-state index in [0.29, 0.717) is 19.4 Å². The van der Waals surface area contributed by atoms with Crippen molar-refractivity contribution in [3.63, 3.8) is 0 Å². The van der Waals surface area contributed by atoms with E-state index in [9.17, 15) is 14.9 Å². The summed E-state index contributed by atoms with van der Waals surface area (Å²) in [7, 11) is 0. The Morgan fingerprint density at radius 2 is 2.29 bits per heavy atom. The number of anilines is 1. The van der Waals surface area contributed by atoms with Gasteiger partial charge in [0.05, 0.1) is 4.92 Å². The van der Waals surface area contributed by atoms with Gasteiger partial charge in [-0.2, -0.15) is 0 Å². The van der Waals surface area contributed by atoms with E-state index >= 15 is 0 Å². The first-order valence-corrected chi connectivity index (χ1v) is 6.24. The van der Waals surface area contributed by atoms with E-state index in [-0.39, 0.29) is 17.1 Å². The second kappa shape index (κ2) is 6.46. The third kappa shape index (κ3) is 3.75. The zero-order chi connectivity index (χ0) is 15.2. The minimum Gasteiger partial charge on any atom is -0.384 e. The summed E-state index contributed by atoms with van der Waals surface area (Å²) in [5.74, 6) is 0.333. The van der Waals surface area contributed by atoms with E-state index < -0.39 is 10.8 Å². The van der Waals surface area contributed by atoms with Gasteiger partial charge in [0, 0.05) is 25.4 Å². The molecule has 0 aliphatic heterocycles. The van der Waals surface area contributed by atoms with Gasteiger partial charge >= 0.3 is 0 Å². The lowest BCUT2D eigenvalue weighted by Crippen LogP contribution is -2.26. The Bertz CT molecular complexity index is 640. The molecule has 0 aliphatic rings. The number of hydrogen-bond acceptors (Lipinski definition) is 6. The number of hydrogen-bond donors (Lipinski definition) is 3. The molecule has 0 bridgehead atoms. The number of nitrogen functional groups attached to an aromatic ring is 1. The largest absolute Gasteiger partial charge is 0.384 e. The topological polar surface area (TPSA) is 140 Å². The Morgan fingerprint density at radius 1 is 1.48 bits per heavy atom. The van der Waals surface area contributed by atoms with Crippen LogP contribution in [-0.2, 0) is 6.42 Å². The molecule has 0 spiro atoms. The maximum atomic E-state index is 12.0. The smallest absolute Gasteiger partial charge is 0.300 e. The van der Waals surface area contributed by atoms with Crippen molar-refractivity contribution in [2.24, 2.45) is 0 Å². The first-order chi connectivity index (χ1) is 10.1. The van der Waals surface area contributed by atoms with E-state index in [2.05, 4.69) is 20.3 Å². The summed E-state index contributed by atoms with van der Waals surface area (Å²) < 4.78 is 0. The lowest BCUT2D eigenvalue weighted by Gasteiger charge is -2.05. The summed E-state index contributed by atoms with van der Waals surface area (Å²) in [5, 5.41) is 13.5. The van der Waals surface area contributed by atoms with Crippen molar-refractivity contribution in [3.05, 3.63) is 46.2 Å². The van der Waals surface area contributed by atoms with Crippen molar-refractivity contribution >= 4 is 17.4 Å². The zero-order valence-corrected chi connectivity index (χ0v) is 11.1. The first kappa shape index (κ1) is 14.4. The summed E-state index contributed by atoms with van der Waals surface area (Å²) in [6.07, 6.45) is 5.68. The maximum Gasteiger partial charge on any atom is 0.300 e. The van der Waals surface area contributed by atoms with Crippen LogP contribution < -0.4 is 11.1 Å². The molecule has 110 valence electrons. The third-order valence-corrected chi connectivity index (χ3v) is 2.78. The number of imidazole rings is 1. The molecule has 0 aromatic carbocycles. The highest BCUT2D eigenvalue weighted by atomic mass is 16.6. The number of rotatable bonds is 6. The van der Waals surface area contributed by atoms with Crippen LogP contribution in [0.3, 0.4) is 0 Å². The lowest BCUT2D eigenvalue weighted by atomic mass is 10.2. The van der Waals surface area contributed by atoms with Crippen molar-refractivity contribution in [2.75, 3.05) is 12.3 Å². The number of nitrogens with one attached hydrogen (secondary N) is 2. The van der Waals surface area contributed by atoms with Gasteiger partial charge in [-0.3, -0.25) is 14.9 Å². The maximum absolute atomic E-state index is 12.0. The number of aromatic amines is 1. The highest BCUT2D eigenvalue weighted by Gasteiger charge is 2.20. The minimum absolute atomic E-state index is 0.0568. The molecule has 0 fully saturated rings. The molecule has 2 aromatic rings. The molecule has 4 N–H and O–H groups in total. The second-order valence-electron chi connectivity index (χ2n) is 4.28. The van der Waals surface area contributed by atoms with Gasteiger partial charge < -0.3 is 16.0 Å². The summed E-state index contributed by atoms with van der Waals surface area (Å²) in [6, 6.07) is 1.19. The van der Waals surface area contributed by atoms with Crippen LogP contribution >= 0.6 is 0 Å².